The molecule has 1 unspecified atom stereocenters. The molecule has 1 aromatic carbocycles. The van der Waals surface area contributed by atoms with Crippen molar-refractivity contribution < 1.29 is 14.4 Å². The Morgan fingerprint density at radius 1 is 1.25 bits per heavy atom. The summed E-state index contributed by atoms with van der Waals surface area (Å²) in [6.45, 7) is 0. The Kier molecular flexibility index (Phi) is 6.17. The maximum atomic E-state index is 12.2. The Morgan fingerprint density at radius 2 is 1.96 bits per heavy atom. The summed E-state index contributed by atoms with van der Waals surface area (Å²) in [5.74, 6) is -0.775. The quantitative estimate of drug-likeness (QED) is 0.386. The van der Waals surface area contributed by atoms with Gasteiger partial charge in [0.2, 0.25) is 5.91 Å². The molecule has 2 rings (SSSR count). The molecule has 8 heteroatoms. The number of hydrogen-bond donors (Lipinski definition) is 1. The van der Waals surface area contributed by atoms with Gasteiger partial charge in [-0.25, -0.2) is 4.79 Å². The van der Waals surface area contributed by atoms with Crippen molar-refractivity contribution >= 4 is 11.9 Å². The summed E-state index contributed by atoms with van der Waals surface area (Å²) in [5.41, 5.74) is 11.8. The zero-order valence-electron chi connectivity index (χ0n) is 13.8. The Labute approximate surface area is 140 Å². The molecule has 0 aliphatic heterocycles. The lowest BCUT2D eigenvalue weighted by Gasteiger charge is -2.33. The lowest BCUT2D eigenvalue weighted by atomic mass is 9.82. The van der Waals surface area contributed by atoms with Gasteiger partial charge in [-0.2, -0.15) is 0 Å². The molecule has 1 amide bonds. The van der Waals surface area contributed by atoms with E-state index in [1.807, 2.05) is 6.07 Å². The van der Waals surface area contributed by atoms with E-state index in [-0.39, 0.29) is 23.9 Å². The predicted molar refractivity (Wildman–Crippen MR) is 87.8 cm³/mol. The van der Waals surface area contributed by atoms with Gasteiger partial charge in [-0.15, -0.1) is 5.48 Å². The van der Waals surface area contributed by atoms with E-state index in [1.165, 1.54) is 4.90 Å². The normalized spacial score (nSPS) is 23.0. The fraction of sp³-hybridized carbons (Fsp3) is 0.500. The maximum Gasteiger partial charge on any atom is 0.356 e. The molecule has 0 aromatic heterocycles. The van der Waals surface area contributed by atoms with Gasteiger partial charge in [0.05, 0.1) is 5.56 Å². The first-order valence-electron chi connectivity index (χ1n) is 7.78. The van der Waals surface area contributed by atoms with Crippen molar-refractivity contribution in [1.29, 1.82) is 0 Å². The van der Waals surface area contributed by atoms with Crippen molar-refractivity contribution in [2.75, 3.05) is 14.1 Å². The molecule has 8 nitrogen and oxygen atoms in total. The van der Waals surface area contributed by atoms with Crippen LogP contribution in [0.1, 0.15) is 29.6 Å². The molecule has 1 aliphatic carbocycles. The van der Waals surface area contributed by atoms with Crippen LogP contribution in [0, 0.1) is 5.92 Å². The molecule has 128 valence electrons. The van der Waals surface area contributed by atoms with Crippen LogP contribution in [0.15, 0.2) is 35.4 Å². The molecular weight excluding hydrogens is 310 g/mol. The second kappa shape index (κ2) is 8.33. The summed E-state index contributed by atoms with van der Waals surface area (Å²) < 4.78 is 0. The van der Waals surface area contributed by atoms with Crippen LogP contribution in [-0.4, -0.2) is 43.0 Å². The molecule has 24 heavy (non-hydrogen) atoms. The van der Waals surface area contributed by atoms with E-state index in [4.69, 9.17) is 10.4 Å². The molecule has 1 fully saturated rings. The zero-order valence-corrected chi connectivity index (χ0v) is 13.8. The number of rotatable bonds is 5. The van der Waals surface area contributed by atoms with Crippen molar-refractivity contribution in [3.05, 3.63) is 46.3 Å². The minimum Gasteiger partial charge on any atom is -0.366 e. The van der Waals surface area contributed by atoms with Gasteiger partial charge in [0, 0.05) is 37.0 Å². The Hall–Kier alpha value is -2.57. The van der Waals surface area contributed by atoms with Crippen molar-refractivity contribution in [2.24, 2.45) is 11.0 Å². The number of hydrogen-bond acceptors (Lipinski definition) is 5. The SMILES string of the molecule is CN(C)C(=O)[C@H]1CC(N=[N+]=[N-])C[C@@H](NOC(=O)c2ccccc2)C1. The molecule has 0 spiro atoms. The molecule has 1 saturated carbocycles. The van der Waals surface area contributed by atoms with E-state index >= 15 is 0 Å². The minimum atomic E-state index is -0.489. The first kappa shape index (κ1) is 17.8. The Balaban J connectivity index is 1.98. The van der Waals surface area contributed by atoms with Crippen LogP contribution in [0.25, 0.3) is 10.4 Å². The lowest BCUT2D eigenvalue weighted by Crippen LogP contribution is -2.44. The van der Waals surface area contributed by atoms with Crippen LogP contribution in [-0.2, 0) is 9.63 Å². The average Bonchev–Trinajstić information content (AvgIpc) is 2.59. The average molecular weight is 331 g/mol. The van der Waals surface area contributed by atoms with Crippen LogP contribution < -0.4 is 5.48 Å². The largest absolute Gasteiger partial charge is 0.366 e. The molecule has 3 atom stereocenters. The maximum absolute atomic E-state index is 12.2. The van der Waals surface area contributed by atoms with E-state index in [0.717, 1.165) is 0 Å². The molecule has 1 N–H and O–H groups in total. The van der Waals surface area contributed by atoms with Crippen LogP contribution in [0.4, 0.5) is 0 Å². The summed E-state index contributed by atoms with van der Waals surface area (Å²) in [6.07, 6.45) is 1.55. The molecule has 1 aromatic rings. The highest BCUT2D eigenvalue weighted by Gasteiger charge is 2.34. The third-order valence-electron chi connectivity index (χ3n) is 4.01. The highest BCUT2D eigenvalue weighted by atomic mass is 16.7. The Bertz CT molecular complexity index is 628. The number of carbonyl (C=O) groups is 2. The first-order chi connectivity index (χ1) is 11.5. The van der Waals surface area contributed by atoms with Crippen LogP contribution in [0.2, 0.25) is 0 Å². The van der Waals surface area contributed by atoms with E-state index < -0.39 is 5.97 Å². The van der Waals surface area contributed by atoms with Gasteiger partial charge in [-0.3, -0.25) is 4.79 Å². The topological polar surface area (TPSA) is 107 Å². The smallest absolute Gasteiger partial charge is 0.356 e. The fourth-order valence-electron chi connectivity index (χ4n) is 2.89. The van der Waals surface area contributed by atoms with Gasteiger partial charge in [0.1, 0.15) is 0 Å². The number of hydroxylamine groups is 1. The second-order valence-electron chi connectivity index (χ2n) is 6.07. The van der Waals surface area contributed by atoms with Crippen LogP contribution in [0.3, 0.4) is 0 Å². The molecule has 0 saturated heterocycles. The van der Waals surface area contributed by atoms with E-state index in [2.05, 4.69) is 15.5 Å². The summed E-state index contributed by atoms with van der Waals surface area (Å²) in [6, 6.07) is 8.09. The van der Waals surface area contributed by atoms with Gasteiger partial charge in [0.25, 0.3) is 0 Å². The zero-order chi connectivity index (χ0) is 17.5. The van der Waals surface area contributed by atoms with E-state index in [0.29, 0.717) is 24.8 Å². The van der Waals surface area contributed by atoms with Crippen LogP contribution >= 0.6 is 0 Å². The third-order valence-corrected chi connectivity index (χ3v) is 4.01. The molecular formula is C16H21N5O3. The number of azide groups is 1. The van der Waals surface area contributed by atoms with Crippen molar-refractivity contribution in [2.45, 2.75) is 31.3 Å². The lowest BCUT2D eigenvalue weighted by molar-refractivity contribution is -0.134. The van der Waals surface area contributed by atoms with Crippen molar-refractivity contribution in [1.82, 2.24) is 10.4 Å². The van der Waals surface area contributed by atoms with Gasteiger partial charge in [0.15, 0.2) is 0 Å². The number of nitrogens with zero attached hydrogens (tertiary/aromatic N) is 4. The minimum absolute atomic E-state index is 0.0194. The first-order valence-corrected chi connectivity index (χ1v) is 7.78. The van der Waals surface area contributed by atoms with Crippen molar-refractivity contribution in [3.8, 4) is 0 Å². The van der Waals surface area contributed by atoms with Gasteiger partial charge in [-0.1, -0.05) is 23.3 Å². The molecule has 1 aliphatic rings. The number of benzene rings is 1. The highest BCUT2D eigenvalue weighted by molar-refractivity contribution is 5.89. The number of carbonyl (C=O) groups excluding carboxylic acids is 2. The summed E-state index contributed by atoms with van der Waals surface area (Å²) in [5, 5.41) is 3.74. The van der Waals surface area contributed by atoms with Gasteiger partial charge < -0.3 is 9.74 Å². The fourth-order valence-corrected chi connectivity index (χ4v) is 2.89. The van der Waals surface area contributed by atoms with Crippen molar-refractivity contribution in [3.63, 3.8) is 0 Å². The highest BCUT2D eigenvalue weighted by Crippen LogP contribution is 2.28. The predicted octanol–water partition coefficient (Wildman–Crippen LogP) is 2.28. The monoisotopic (exact) mass is 331 g/mol. The standard InChI is InChI=1S/C16H21N5O3/c1-21(2)15(22)12-8-13(18-20-17)10-14(9-12)19-24-16(23)11-6-4-3-5-7-11/h3-7,12-14,19H,8-10H2,1-2H3/t12-,13?,14-/m0/s1. The van der Waals surface area contributed by atoms with Gasteiger partial charge in [-0.05, 0) is 36.9 Å². The van der Waals surface area contributed by atoms with E-state index in [9.17, 15) is 9.59 Å². The molecule has 0 bridgehead atoms. The summed E-state index contributed by atoms with van der Waals surface area (Å²) in [4.78, 5) is 33.7. The summed E-state index contributed by atoms with van der Waals surface area (Å²) >= 11 is 0. The number of amides is 1. The van der Waals surface area contributed by atoms with Crippen LogP contribution in [0.5, 0.6) is 0 Å². The van der Waals surface area contributed by atoms with Gasteiger partial charge >= 0.3 is 5.97 Å². The number of nitrogens with one attached hydrogen (secondary N) is 1. The third kappa shape index (κ3) is 4.71. The Morgan fingerprint density at radius 3 is 2.58 bits per heavy atom. The molecule has 0 heterocycles. The molecule has 0 radical (unpaired) electrons. The summed E-state index contributed by atoms with van der Waals surface area (Å²) in [7, 11) is 3.38. The van der Waals surface area contributed by atoms with E-state index in [1.54, 1.807) is 38.4 Å². The second-order valence-corrected chi connectivity index (χ2v) is 6.07.